The molecule has 3 rings (SSSR count). The van der Waals surface area contributed by atoms with Crippen molar-refractivity contribution in [2.24, 2.45) is 10.8 Å². The molecule has 2 bridgehead atoms. The van der Waals surface area contributed by atoms with E-state index in [1.54, 1.807) is 26.4 Å². The van der Waals surface area contributed by atoms with Gasteiger partial charge in [-0.25, -0.2) is 4.79 Å². The maximum Gasteiger partial charge on any atom is 0.331 e. The smallest absolute Gasteiger partial charge is 0.331 e. The largest absolute Gasteiger partial charge is 0.493 e. The number of likely N-dealkylation sites (tertiary alicyclic amines) is 1. The third-order valence-electron chi connectivity index (χ3n) is 5.91. The number of methoxy groups -OCH3 is 2. The van der Waals surface area contributed by atoms with Crippen molar-refractivity contribution in [1.82, 2.24) is 4.90 Å². The fourth-order valence-electron chi connectivity index (χ4n) is 5.22. The van der Waals surface area contributed by atoms with Gasteiger partial charge < -0.3 is 19.1 Å². The maximum atomic E-state index is 12.7. The molecule has 0 N–H and O–H groups in total. The molecular formula is C23H31NO5. The number of hydrogen-bond acceptors (Lipinski definition) is 5. The highest BCUT2D eigenvalue weighted by molar-refractivity contribution is 5.90. The summed E-state index contributed by atoms with van der Waals surface area (Å²) in [5.74, 6) is 0.444. The predicted octanol–water partition coefficient (Wildman–Crippen LogP) is 3.69. The van der Waals surface area contributed by atoms with Gasteiger partial charge in [-0.1, -0.05) is 32.9 Å². The first-order chi connectivity index (χ1) is 13.7. The molecule has 0 unspecified atom stereocenters. The van der Waals surface area contributed by atoms with Gasteiger partial charge in [0.2, 0.25) is 0 Å². The topological polar surface area (TPSA) is 65.1 Å². The average molecular weight is 402 g/mol. The molecule has 0 spiro atoms. The summed E-state index contributed by atoms with van der Waals surface area (Å²) in [6.45, 7) is 7.30. The number of rotatable bonds is 6. The minimum atomic E-state index is -0.558. The van der Waals surface area contributed by atoms with E-state index in [1.165, 1.54) is 6.08 Å². The van der Waals surface area contributed by atoms with Crippen LogP contribution in [0.25, 0.3) is 6.08 Å². The second-order valence-electron chi connectivity index (χ2n) is 9.26. The number of ether oxygens (including phenoxy) is 3. The highest BCUT2D eigenvalue weighted by atomic mass is 16.5. The fraction of sp³-hybridized carbons (Fsp3) is 0.565. The van der Waals surface area contributed by atoms with Crippen molar-refractivity contribution in [2.75, 3.05) is 27.4 Å². The molecule has 1 heterocycles. The van der Waals surface area contributed by atoms with Gasteiger partial charge in [-0.15, -0.1) is 0 Å². The Morgan fingerprint density at radius 3 is 2.62 bits per heavy atom. The van der Waals surface area contributed by atoms with E-state index >= 15 is 0 Å². The van der Waals surface area contributed by atoms with Crippen LogP contribution in [0.5, 0.6) is 11.5 Å². The SMILES string of the molecule is COc1cccc(/C=C/C(=O)OCC(=O)N2C[C@@]3(C)C[C@H]2CC(C)(C)C3)c1OC. The van der Waals surface area contributed by atoms with Crippen molar-refractivity contribution in [1.29, 1.82) is 0 Å². The Hall–Kier alpha value is -2.50. The summed E-state index contributed by atoms with van der Waals surface area (Å²) in [4.78, 5) is 26.7. The molecule has 29 heavy (non-hydrogen) atoms. The minimum Gasteiger partial charge on any atom is -0.493 e. The lowest BCUT2D eigenvalue weighted by Crippen LogP contribution is -2.39. The summed E-state index contributed by atoms with van der Waals surface area (Å²) in [6.07, 6.45) is 6.05. The van der Waals surface area contributed by atoms with E-state index in [1.807, 2.05) is 17.0 Å². The normalized spacial score (nSPS) is 25.1. The summed E-state index contributed by atoms with van der Waals surface area (Å²) < 4.78 is 15.8. The summed E-state index contributed by atoms with van der Waals surface area (Å²) in [5.41, 5.74) is 1.09. The Labute approximate surface area is 172 Å². The Morgan fingerprint density at radius 1 is 1.17 bits per heavy atom. The number of nitrogens with zero attached hydrogens (tertiary/aromatic N) is 1. The summed E-state index contributed by atoms with van der Waals surface area (Å²) in [5, 5.41) is 0. The second kappa shape index (κ2) is 8.09. The average Bonchev–Trinajstić information content (AvgIpc) is 2.92. The highest BCUT2D eigenvalue weighted by Crippen LogP contribution is 2.52. The van der Waals surface area contributed by atoms with E-state index in [9.17, 15) is 9.59 Å². The van der Waals surface area contributed by atoms with Crippen LogP contribution in [-0.2, 0) is 14.3 Å². The zero-order valence-corrected chi connectivity index (χ0v) is 18.0. The van der Waals surface area contributed by atoms with Crippen molar-refractivity contribution in [2.45, 2.75) is 46.1 Å². The van der Waals surface area contributed by atoms with Crippen LogP contribution in [0.15, 0.2) is 24.3 Å². The number of benzene rings is 1. The van der Waals surface area contributed by atoms with Crippen LogP contribution in [0, 0.1) is 10.8 Å². The molecule has 158 valence electrons. The zero-order chi connectivity index (χ0) is 21.2. The predicted molar refractivity (Wildman–Crippen MR) is 111 cm³/mol. The van der Waals surface area contributed by atoms with Gasteiger partial charge in [-0.05, 0) is 42.2 Å². The summed E-state index contributed by atoms with van der Waals surface area (Å²) in [6, 6.07) is 5.64. The van der Waals surface area contributed by atoms with Crippen molar-refractivity contribution in [3.05, 3.63) is 29.8 Å². The molecule has 2 fully saturated rings. The van der Waals surface area contributed by atoms with Crippen molar-refractivity contribution >= 4 is 18.0 Å². The lowest BCUT2D eigenvalue weighted by atomic mass is 9.65. The third-order valence-corrected chi connectivity index (χ3v) is 5.91. The molecule has 1 aliphatic carbocycles. The molecule has 2 aliphatic rings. The summed E-state index contributed by atoms with van der Waals surface area (Å²) >= 11 is 0. The zero-order valence-electron chi connectivity index (χ0n) is 18.0. The number of carbonyl (C=O) groups excluding carboxylic acids is 2. The van der Waals surface area contributed by atoms with E-state index in [2.05, 4.69) is 20.8 Å². The van der Waals surface area contributed by atoms with Crippen LogP contribution >= 0.6 is 0 Å². The molecule has 2 atom stereocenters. The molecule has 1 amide bonds. The van der Waals surface area contributed by atoms with E-state index in [0.717, 1.165) is 25.8 Å². The molecule has 1 saturated heterocycles. The van der Waals surface area contributed by atoms with Crippen LogP contribution in [0.4, 0.5) is 0 Å². The van der Waals surface area contributed by atoms with Crippen LogP contribution in [-0.4, -0.2) is 50.2 Å². The molecule has 1 aliphatic heterocycles. The monoisotopic (exact) mass is 401 g/mol. The summed E-state index contributed by atoms with van der Waals surface area (Å²) in [7, 11) is 3.10. The van der Waals surface area contributed by atoms with Gasteiger partial charge in [0, 0.05) is 24.2 Å². The van der Waals surface area contributed by atoms with E-state index in [4.69, 9.17) is 14.2 Å². The molecule has 1 saturated carbocycles. The Morgan fingerprint density at radius 2 is 1.93 bits per heavy atom. The van der Waals surface area contributed by atoms with Gasteiger partial charge in [0.15, 0.2) is 18.1 Å². The molecule has 1 aromatic rings. The van der Waals surface area contributed by atoms with Gasteiger partial charge in [0.1, 0.15) is 0 Å². The highest BCUT2D eigenvalue weighted by Gasteiger charge is 2.50. The van der Waals surface area contributed by atoms with E-state index < -0.39 is 5.97 Å². The first-order valence-electron chi connectivity index (χ1n) is 10.0. The molecule has 1 aromatic carbocycles. The minimum absolute atomic E-state index is 0.114. The molecule has 6 nitrogen and oxygen atoms in total. The molecular weight excluding hydrogens is 370 g/mol. The Balaban J connectivity index is 1.58. The first kappa shape index (κ1) is 21.2. The third kappa shape index (κ3) is 4.74. The fourth-order valence-corrected chi connectivity index (χ4v) is 5.22. The quantitative estimate of drug-likeness (QED) is 0.537. The van der Waals surface area contributed by atoms with Gasteiger partial charge in [-0.3, -0.25) is 4.79 Å². The van der Waals surface area contributed by atoms with Crippen LogP contribution in [0.3, 0.4) is 0 Å². The lowest BCUT2D eigenvalue weighted by Gasteiger charge is -2.39. The lowest BCUT2D eigenvalue weighted by molar-refractivity contribution is -0.148. The van der Waals surface area contributed by atoms with Crippen molar-refractivity contribution in [3.63, 3.8) is 0 Å². The molecule has 0 aromatic heterocycles. The second-order valence-corrected chi connectivity index (χ2v) is 9.26. The number of carbonyl (C=O) groups is 2. The Bertz CT molecular complexity index is 815. The number of amides is 1. The Kier molecular flexibility index (Phi) is 5.92. The van der Waals surface area contributed by atoms with Gasteiger partial charge in [0.05, 0.1) is 14.2 Å². The maximum absolute atomic E-state index is 12.7. The molecule has 6 heteroatoms. The van der Waals surface area contributed by atoms with E-state index in [-0.39, 0.29) is 29.4 Å². The van der Waals surface area contributed by atoms with Crippen molar-refractivity contribution in [3.8, 4) is 11.5 Å². The van der Waals surface area contributed by atoms with Gasteiger partial charge in [0.25, 0.3) is 5.91 Å². The van der Waals surface area contributed by atoms with Crippen LogP contribution in [0.2, 0.25) is 0 Å². The number of fused-ring (bicyclic) bond motifs is 2. The van der Waals surface area contributed by atoms with E-state index in [0.29, 0.717) is 17.1 Å². The molecule has 0 radical (unpaired) electrons. The van der Waals surface area contributed by atoms with Gasteiger partial charge >= 0.3 is 5.97 Å². The number of para-hydroxylation sites is 1. The van der Waals surface area contributed by atoms with Crippen LogP contribution < -0.4 is 9.47 Å². The number of esters is 1. The standard InChI is InChI=1S/C23H31NO5/c1-22(2)11-17-12-23(3,14-22)15-24(17)19(25)13-29-20(26)10-9-16-7-6-8-18(27-4)21(16)28-5/h6-10,17H,11-15H2,1-5H3/b10-9+/t17-,23+/m1/s1. The van der Waals surface area contributed by atoms with Crippen molar-refractivity contribution < 1.29 is 23.8 Å². The number of hydrogen-bond donors (Lipinski definition) is 0. The van der Waals surface area contributed by atoms with Crippen LogP contribution in [0.1, 0.15) is 45.6 Å². The van der Waals surface area contributed by atoms with Gasteiger partial charge in [-0.2, -0.15) is 0 Å². The first-order valence-corrected chi connectivity index (χ1v) is 10.0.